The van der Waals surface area contributed by atoms with Crippen molar-refractivity contribution in [3.63, 3.8) is 0 Å². The maximum atomic E-state index is 12.6. The van der Waals surface area contributed by atoms with E-state index in [1.165, 1.54) is 0 Å². The second-order valence-electron chi connectivity index (χ2n) is 9.49. The van der Waals surface area contributed by atoms with E-state index in [0.29, 0.717) is 11.8 Å². The Kier molecular flexibility index (Phi) is 7.69. The van der Waals surface area contributed by atoms with Gasteiger partial charge < -0.3 is 20.1 Å². The van der Waals surface area contributed by atoms with Crippen LogP contribution in [-0.2, 0) is 19.1 Å². The summed E-state index contributed by atoms with van der Waals surface area (Å²) in [6.45, 7) is 14.1. The Labute approximate surface area is 164 Å². The van der Waals surface area contributed by atoms with E-state index in [9.17, 15) is 9.59 Å². The summed E-state index contributed by atoms with van der Waals surface area (Å²) in [5.74, 6) is -0.313. The molecule has 156 valence electrons. The highest BCUT2D eigenvalue weighted by molar-refractivity contribution is 5.80. The fourth-order valence-electron chi connectivity index (χ4n) is 4.44. The summed E-state index contributed by atoms with van der Waals surface area (Å²) in [6, 6.07) is 0. The molecule has 0 saturated carbocycles. The van der Waals surface area contributed by atoms with Crippen molar-refractivity contribution in [3.05, 3.63) is 0 Å². The third kappa shape index (κ3) is 6.46. The van der Waals surface area contributed by atoms with Crippen LogP contribution < -0.4 is 10.6 Å². The highest BCUT2D eigenvalue weighted by Crippen LogP contribution is 2.30. The van der Waals surface area contributed by atoms with Gasteiger partial charge in [-0.25, -0.2) is 0 Å². The maximum Gasteiger partial charge on any atom is 0.309 e. The van der Waals surface area contributed by atoms with E-state index in [4.69, 9.17) is 9.47 Å². The molecule has 0 aromatic rings. The molecule has 4 N–H and O–H groups in total. The molecule has 2 aliphatic rings. The predicted octanol–water partition coefficient (Wildman–Crippen LogP) is 0.603. The van der Waals surface area contributed by atoms with Crippen molar-refractivity contribution >= 4 is 11.9 Å². The minimum Gasteiger partial charge on any atom is -0.459 e. The first-order chi connectivity index (χ1) is 12.6. The van der Waals surface area contributed by atoms with Crippen LogP contribution >= 0.6 is 0 Å². The number of ether oxygens (including phenoxy) is 2. The summed E-state index contributed by atoms with van der Waals surface area (Å²) in [5, 5.41) is 4.61. The molecule has 0 spiro atoms. The molecule has 1 atom stereocenters. The van der Waals surface area contributed by atoms with E-state index in [1.807, 2.05) is 27.7 Å². The van der Waals surface area contributed by atoms with Gasteiger partial charge in [0.2, 0.25) is 0 Å². The largest absolute Gasteiger partial charge is 0.459 e. The lowest BCUT2D eigenvalue weighted by Gasteiger charge is -2.37. The first kappa shape index (κ1) is 22.2. The van der Waals surface area contributed by atoms with E-state index >= 15 is 0 Å². The van der Waals surface area contributed by atoms with E-state index in [-0.39, 0.29) is 18.4 Å². The molecular weight excluding hydrogens is 344 g/mol. The average Bonchev–Trinajstić information content (AvgIpc) is 2.62. The Morgan fingerprint density at radius 1 is 0.852 bits per heavy atom. The van der Waals surface area contributed by atoms with Crippen molar-refractivity contribution in [2.75, 3.05) is 26.2 Å². The fourth-order valence-corrected chi connectivity index (χ4v) is 4.44. The second kappa shape index (κ2) is 9.37. The molecule has 0 amide bonds. The smallest absolute Gasteiger partial charge is 0.309 e. The Balaban J connectivity index is 1.82. The Morgan fingerprint density at radius 3 is 1.70 bits per heavy atom. The molecule has 0 aliphatic carbocycles. The lowest BCUT2D eigenvalue weighted by atomic mass is 9.83. The molecule has 0 radical (unpaired) electrons. The van der Waals surface area contributed by atoms with Gasteiger partial charge >= 0.3 is 11.9 Å². The van der Waals surface area contributed by atoms with Crippen LogP contribution in [0.3, 0.4) is 0 Å². The van der Waals surface area contributed by atoms with Gasteiger partial charge in [0, 0.05) is 37.5 Å². The third-order valence-corrected chi connectivity index (χ3v) is 6.46. The van der Waals surface area contributed by atoms with Crippen LogP contribution in [0.15, 0.2) is 0 Å². The molecule has 2 fully saturated rings. The number of piperidine rings is 2. The Hall–Kier alpha value is -1.14. The fraction of sp³-hybridized carbons (Fsp3) is 0.905. The van der Waals surface area contributed by atoms with Crippen LogP contribution in [0.25, 0.3) is 0 Å². The van der Waals surface area contributed by atoms with Gasteiger partial charge in [-0.1, -0.05) is 6.92 Å². The molecule has 2 saturated heterocycles. The van der Waals surface area contributed by atoms with Crippen LogP contribution in [0.2, 0.25) is 0 Å². The first-order valence-electron chi connectivity index (χ1n) is 10.7. The maximum absolute atomic E-state index is 12.6. The highest BCUT2D eigenvalue weighted by Gasteiger charge is 2.38. The Bertz CT molecular complexity index is 506. The molecule has 6 nitrogen and oxygen atoms in total. The highest BCUT2D eigenvalue weighted by atomic mass is 16.6. The van der Waals surface area contributed by atoms with Crippen LogP contribution in [0, 0.1) is 17.8 Å². The van der Waals surface area contributed by atoms with Gasteiger partial charge in [-0.15, -0.1) is 0 Å². The van der Waals surface area contributed by atoms with Crippen molar-refractivity contribution < 1.29 is 29.7 Å². The summed E-state index contributed by atoms with van der Waals surface area (Å²) in [5.41, 5.74) is -0.964. The van der Waals surface area contributed by atoms with Gasteiger partial charge in [0.1, 0.15) is 11.2 Å². The first-order valence-corrected chi connectivity index (χ1v) is 10.7. The lowest BCUT2D eigenvalue weighted by molar-refractivity contribution is -0.666. The number of carbonyl (C=O) groups is 2. The van der Waals surface area contributed by atoms with E-state index in [2.05, 4.69) is 10.6 Å². The summed E-state index contributed by atoms with van der Waals surface area (Å²) in [7, 11) is 0. The van der Waals surface area contributed by atoms with Gasteiger partial charge in [0.05, 0.1) is 38.5 Å². The quantitative estimate of drug-likeness (QED) is 0.630. The lowest BCUT2D eigenvalue weighted by Crippen LogP contribution is -2.86. The average molecular weight is 385 g/mol. The molecule has 27 heavy (non-hydrogen) atoms. The molecule has 2 rings (SSSR count). The van der Waals surface area contributed by atoms with Crippen molar-refractivity contribution in [2.24, 2.45) is 17.8 Å². The number of esters is 2. The van der Waals surface area contributed by atoms with Gasteiger partial charge in [-0.05, 0) is 27.7 Å². The molecule has 6 heteroatoms. The number of hydrogen-bond acceptors (Lipinski definition) is 4. The normalized spacial score (nSPS) is 21.5. The van der Waals surface area contributed by atoms with Gasteiger partial charge in [0.25, 0.3) is 0 Å². The van der Waals surface area contributed by atoms with Gasteiger partial charge in [-0.2, -0.15) is 0 Å². The van der Waals surface area contributed by atoms with Crippen LogP contribution in [-0.4, -0.2) is 49.3 Å². The van der Waals surface area contributed by atoms with Crippen LogP contribution in [0.5, 0.6) is 0 Å². The van der Waals surface area contributed by atoms with Crippen molar-refractivity contribution in [3.8, 4) is 0 Å². The summed E-state index contributed by atoms with van der Waals surface area (Å²) >= 11 is 0. The SMILES string of the molecule is CC(CC(=O)OC(C)(C)C1CC[NH2+]CC1)C(=O)OC(C)(C)C1CC[NH2+]CC1. The van der Waals surface area contributed by atoms with Crippen molar-refractivity contribution in [1.29, 1.82) is 0 Å². The van der Waals surface area contributed by atoms with Crippen LogP contribution in [0.1, 0.15) is 66.7 Å². The zero-order valence-corrected chi connectivity index (χ0v) is 17.9. The zero-order chi connectivity index (χ0) is 20.1. The number of rotatable bonds is 7. The van der Waals surface area contributed by atoms with Gasteiger partial charge in [0.15, 0.2) is 0 Å². The summed E-state index contributed by atoms with van der Waals surface area (Å²) in [4.78, 5) is 25.0. The Morgan fingerprint density at radius 2 is 1.26 bits per heavy atom. The number of carbonyl (C=O) groups excluding carboxylic acids is 2. The molecule has 1 unspecified atom stereocenters. The number of hydrogen-bond donors (Lipinski definition) is 2. The number of quaternary nitrogens is 2. The zero-order valence-electron chi connectivity index (χ0n) is 17.9. The van der Waals surface area contributed by atoms with Crippen molar-refractivity contribution in [1.82, 2.24) is 0 Å². The summed E-state index contributed by atoms with van der Waals surface area (Å²) in [6.07, 6.45) is 4.32. The standard InChI is InChI=1S/C21H38N2O4/c1-15(19(25)27-21(4,5)17-8-12-23-13-9-17)14-18(24)26-20(2,3)16-6-10-22-11-7-16/h15-17,22-23H,6-14H2,1-5H3/p+2. The molecule has 2 aliphatic heterocycles. The molecular formula is C21H40N2O4+2. The van der Waals surface area contributed by atoms with Crippen LogP contribution in [0.4, 0.5) is 0 Å². The number of nitrogens with two attached hydrogens (primary N) is 2. The molecule has 0 aromatic heterocycles. The summed E-state index contributed by atoms with van der Waals surface area (Å²) < 4.78 is 11.6. The minimum absolute atomic E-state index is 0.0790. The van der Waals surface area contributed by atoms with Gasteiger partial charge in [-0.3, -0.25) is 9.59 Å². The minimum atomic E-state index is -0.485. The van der Waals surface area contributed by atoms with E-state index in [1.54, 1.807) is 6.92 Å². The van der Waals surface area contributed by atoms with Crippen molar-refractivity contribution in [2.45, 2.75) is 77.9 Å². The third-order valence-electron chi connectivity index (χ3n) is 6.46. The molecule has 0 aromatic carbocycles. The second-order valence-corrected chi connectivity index (χ2v) is 9.49. The predicted molar refractivity (Wildman–Crippen MR) is 103 cm³/mol. The molecule has 2 heterocycles. The topological polar surface area (TPSA) is 85.8 Å². The van der Waals surface area contributed by atoms with E-state index in [0.717, 1.165) is 51.9 Å². The monoisotopic (exact) mass is 384 g/mol. The van der Waals surface area contributed by atoms with E-state index < -0.39 is 17.1 Å². The molecule has 0 bridgehead atoms.